The van der Waals surface area contributed by atoms with Crippen molar-refractivity contribution in [3.63, 3.8) is 0 Å². The predicted molar refractivity (Wildman–Crippen MR) is 77.2 cm³/mol. The van der Waals surface area contributed by atoms with Crippen LogP contribution < -0.4 is 10.9 Å². The van der Waals surface area contributed by atoms with Crippen molar-refractivity contribution in [1.29, 1.82) is 0 Å². The molecule has 0 saturated heterocycles. The monoisotopic (exact) mass is 302 g/mol. The third kappa shape index (κ3) is 4.50. The lowest BCUT2D eigenvalue weighted by molar-refractivity contribution is -0.141. The van der Waals surface area contributed by atoms with Gasteiger partial charge in [-0.25, -0.2) is 4.68 Å². The first kappa shape index (κ1) is 16.5. The number of likely N-dealkylation sites (N-methyl/N-ethyl adjacent to an activating group) is 1. The Morgan fingerprint density at radius 2 is 2.25 bits per heavy atom. The molecular weight excluding hydrogens is 284 g/mol. The number of halogens is 1. The molecule has 1 atom stereocenters. The van der Waals surface area contributed by atoms with Crippen molar-refractivity contribution in [2.45, 2.75) is 19.5 Å². The predicted octanol–water partition coefficient (Wildman–Crippen LogP) is 0.432. The number of rotatable bonds is 6. The molecule has 0 aromatic carbocycles. The van der Waals surface area contributed by atoms with Crippen molar-refractivity contribution in [2.75, 3.05) is 33.1 Å². The normalized spacial score (nSPS) is 12.3. The van der Waals surface area contributed by atoms with E-state index in [1.165, 1.54) is 13.3 Å². The molecule has 112 valence electrons. The Labute approximate surface area is 122 Å². The smallest absolute Gasteiger partial charge is 0.327 e. The molecule has 0 bridgehead atoms. The van der Waals surface area contributed by atoms with Gasteiger partial charge in [0.15, 0.2) is 0 Å². The summed E-state index contributed by atoms with van der Waals surface area (Å²) in [7, 11) is 5.15. The molecule has 1 aromatic heterocycles. The van der Waals surface area contributed by atoms with Crippen LogP contribution in [0.5, 0.6) is 0 Å². The van der Waals surface area contributed by atoms with Crippen LogP contribution in [0.2, 0.25) is 5.02 Å². The number of ether oxygens (including phenoxy) is 1. The number of esters is 1. The van der Waals surface area contributed by atoms with E-state index in [4.69, 9.17) is 11.6 Å². The molecule has 8 heteroatoms. The van der Waals surface area contributed by atoms with Gasteiger partial charge in [-0.2, -0.15) is 5.10 Å². The fourth-order valence-corrected chi connectivity index (χ4v) is 1.92. The summed E-state index contributed by atoms with van der Waals surface area (Å²) in [6, 6.07) is 0.0974. The molecule has 0 aliphatic carbocycles. The Morgan fingerprint density at radius 1 is 1.60 bits per heavy atom. The molecule has 1 rings (SSSR count). The SMILES string of the molecule is COC(=O)Cn1ncc(NC(C)CN(C)C)c(Cl)c1=O. The zero-order valence-corrected chi connectivity index (χ0v) is 12.8. The fraction of sp³-hybridized carbons (Fsp3) is 0.583. The van der Waals surface area contributed by atoms with E-state index in [-0.39, 0.29) is 17.6 Å². The van der Waals surface area contributed by atoms with Gasteiger partial charge < -0.3 is 15.0 Å². The zero-order chi connectivity index (χ0) is 15.3. The van der Waals surface area contributed by atoms with Gasteiger partial charge in [0, 0.05) is 12.6 Å². The highest BCUT2D eigenvalue weighted by Gasteiger charge is 2.13. The summed E-state index contributed by atoms with van der Waals surface area (Å²) < 4.78 is 5.45. The van der Waals surface area contributed by atoms with Crippen LogP contribution in [0.3, 0.4) is 0 Å². The standard InChI is InChI=1S/C12H19ClN4O3/c1-8(6-16(2)3)15-9-5-14-17(7-10(18)20-4)12(19)11(9)13/h5,8,15H,6-7H2,1-4H3. The van der Waals surface area contributed by atoms with Crippen LogP contribution in [-0.2, 0) is 16.1 Å². The minimum absolute atomic E-state index is 0.00880. The number of carbonyl (C=O) groups is 1. The highest BCUT2D eigenvalue weighted by atomic mass is 35.5. The number of methoxy groups -OCH3 is 1. The number of carbonyl (C=O) groups excluding carboxylic acids is 1. The Hall–Kier alpha value is -1.60. The molecule has 20 heavy (non-hydrogen) atoms. The summed E-state index contributed by atoms with van der Waals surface area (Å²) >= 11 is 6.00. The molecule has 1 aromatic rings. The average molecular weight is 303 g/mol. The molecule has 0 amide bonds. The minimum Gasteiger partial charge on any atom is -0.468 e. The van der Waals surface area contributed by atoms with Crippen molar-refractivity contribution >= 4 is 23.3 Å². The van der Waals surface area contributed by atoms with E-state index in [2.05, 4.69) is 15.2 Å². The molecular formula is C12H19ClN4O3. The van der Waals surface area contributed by atoms with Crippen molar-refractivity contribution < 1.29 is 9.53 Å². The molecule has 7 nitrogen and oxygen atoms in total. The second kappa shape index (κ2) is 7.25. The van der Waals surface area contributed by atoms with E-state index in [9.17, 15) is 9.59 Å². The summed E-state index contributed by atoms with van der Waals surface area (Å²) in [5.74, 6) is -0.558. The number of anilines is 1. The Balaban J connectivity index is 2.89. The topological polar surface area (TPSA) is 76.5 Å². The molecule has 0 aliphatic heterocycles. The molecule has 0 fully saturated rings. The first-order valence-electron chi connectivity index (χ1n) is 6.08. The molecule has 0 spiro atoms. The van der Waals surface area contributed by atoms with E-state index >= 15 is 0 Å². The van der Waals surface area contributed by atoms with Crippen LogP contribution >= 0.6 is 11.6 Å². The summed E-state index contributed by atoms with van der Waals surface area (Å²) in [4.78, 5) is 25.1. The van der Waals surface area contributed by atoms with Crippen LogP contribution in [0.4, 0.5) is 5.69 Å². The molecule has 1 heterocycles. The number of nitrogens with zero attached hydrogens (tertiary/aromatic N) is 3. The van der Waals surface area contributed by atoms with Crippen LogP contribution in [0.1, 0.15) is 6.92 Å². The maximum atomic E-state index is 12.0. The van der Waals surface area contributed by atoms with E-state index in [1.807, 2.05) is 25.9 Å². The van der Waals surface area contributed by atoms with Crippen LogP contribution in [0.15, 0.2) is 11.0 Å². The highest BCUT2D eigenvalue weighted by molar-refractivity contribution is 6.32. The lowest BCUT2D eigenvalue weighted by Crippen LogP contribution is -2.32. The third-order valence-electron chi connectivity index (χ3n) is 2.53. The van der Waals surface area contributed by atoms with Gasteiger partial charge in [-0.15, -0.1) is 0 Å². The second-order valence-electron chi connectivity index (χ2n) is 4.72. The van der Waals surface area contributed by atoms with Gasteiger partial charge in [-0.1, -0.05) is 11.6 Å². The lowest BCUT2D eigenvalue weighted by Gasteiger charge is -2.19. The van der Waals surface area contributed by atoms with Gasteiger partial charge in [-0.05, 0) is 21.0 Å². The van der Waals surface area contributed by atoms with Gasteiger partial charge in [0.2, 0.25) is 0 Å². The number of aromatic nitrogens is 2. The number of hydrogen-bond acceptors (Lipinski definition) is 6. The maximum Gasteiger partial charge on any atom is 0.327 e. The summed E-state index contributed by atoms with van der Waals surface area (Å²) in [6.45, 7) is 2.49. The maximum absolute atomic E-state index is 12.0. The largest absolute Gasteiger partial charge is 0.468 e. The number of nitrogens with one attached hydrogen (secondary N) is 1. The molecule has 1 N–H and O–H groups in total. The van der Waals surface area contributed by atoms with Gasteiger partial charge in [0.05, 0.1) is 19.0 Å². The van der Waals surface area contributed by atoms with Crippen LogP contribution in [0, 0.1) is 0 Å². The van der Waals surface area contributed by atoms with Crippen molar-refractivity contribution in [3.05, 3.63) is 21.6 Å². The summed E-state index contributed by atoms with van der Waals surface area (Å²) in [5, 5.41) is 7.02. The lowest BCUT2D eigenvalue weighted by atomic mass is 10.3. The van der Waals surface area contributed by atoms with E-state index < -0.39 is 11.5 Å². The van der Waals surface area contributed by atoms with E-state index in [0.717, 1.165) is 11.2 Å². The minimum atomic E-state index is -0.558. The van der Waals surface area contributed by atoms with Crippen molar-refractivity contribution in [3.8, 4) is 0 Å². The van der Waals surface area contributed by atoms with E-state index in [0.29, 0.717) is 5.69 Å². The number of hydrogen-bond donors (Lipinski definition) is 1. The molecule has 0 aliphatic rings. The highest BCUT2D eigenvalue weighted by Crippen LogP contribution is 2.16. The summed E-state index contributed by atoms with van der Waals surface area (Å²) in [6.07, 6.45) is 1.43. The quantitative estimate of drug-likeness (QED) is 0.768. The average Bonchev–Trinajstić information content (AvgIpc) is 2.37. The van der Waals surface area contributed by atoms with Crippen LogP contribution in [0.25, 0.3) is 0 Å². The molecule has 0 radical (unpaired) electrons. The molecule has 1 unspecified atom stereocenters. The van der Waals surface area contributed by atoms with Crippen LogP contribution in [-0.4, -0.2) is 54.4 Å². The Bertz CT molecular complexity index is 530. The van der Waals surface area contributed by atoms with Gasteiger partial charge in [0.25, 0.3) is 5.56 Å². The fourth-order valence-electron chi connectivity index (χ4n) is 1.72. The van der Waals surface area contributed by atoms with Gasteiger partial charge >= 0.3 is 5.97 Å². The van der Waals surface area contributed by atoms with Gasteiger partial charge in [-0.3, -0.25) is 9.59 Å². The zero-order valence-electron chi connectivity index (χ0n) is 12.0. The molecule has 0 saturated carbocycles. The van der Waals surface area contributed by atoms with Crippen molar-refractivity contribution in [2.24, 2.45) is 0 Å². The van der Waals surface area contributed by atoms with Crippen molar-refractivity contribution in [1.82, 2.24) is 14.7 Å². The second-order valence-corrected chi connectivity index (χ2v) is 5.10. The summed E-state index contributed by atoms with van der Waals surface area (Å²) in [5.41, 5.74) is -0.0775. The Morgan fingerprint density at radius 3 is 2.80 bits per heavy atom. The first-order valence-corrected chi connectivity index (χ1v) is 6.46. The van der Waals surface area contributed by atoms with E-state index in [1.54, 1.807) is 0 Å². The first-order chi connectivity index (χ1) is 9.35. The van der Waals surface area contributed by atoms with Gasteiger partial charge in [0.1, 0.15) is 11.6 Å². The third-order valence-corrected chi connectivity index (χ3v) is 2.90. The Kier molecular flexibility index (Phi) is 5.97.